The number of ether oxygens (including phenoxy) is 1. The van der Waals surface area contributed by atoms with Crippen LogP contribution in [0.2, 0.25) is 0 Å². The highest BCUT2D eigenvalue weighted by Crippen LogP contribution is 2.15. The number of esters is 1. The van der Waals surface area contributed by atoms with Crippen LogP contribution < -0.4 is 4.74 Å². The normalized spacial score (nSPS) is 11.8. The molecule has 0 radical (unpaired) electrons. The van der Waals surface area contributed by atoms with Gasteiger partial charge in [0.2, 0.25) is 0 Å². The number of benzene rings is 2. The van der Waals surface area contributed by atoms with Crippen molar-refractivity contribution in [1.82, 2.24) is 0 Å². The fourth-order valence-electron chi connectivity index (χ4n) is 1.36. The monoisotopic (exact) mass is 262 g/mol. The number of hydrogen-bond donors (Lipinski definition) is 1. The highest BCUT2D eigenvalue weighted by atomic mass is 32.2. The Balaban J connectivity index is 2.10. The number of carbonyl (C=O) groups excluding carboxylic acids is 1. The average molecular weight is 262 g/mol. The van der Waals surface area contributed by atoms with E-state index in [-0.39, 0.29) is 4.90 Å². The van der Waals surface area contributed by atoms with Gasteiger partial charge in [0.1, 0.15) is 5.75 Å². The van der Waals surface area contributed by atoms with E-state index in [1.54, 1.807) is 24.3 Å². The zero-order valence-corrected chi connectivity index (χ0v) is 10.1. The Morgan fingerprint density at radius 2 is 1.61 bits per heavy atom. The van der Waals surface area contributed by atoms with Gasteiger partial charge in [-0.25, -0.2) is 9.00 Å². The highest BCUT2D eigenvalue weighted by molar-refractivity contribution is 7.79. The van der Waals surface area contributed by atoms with Gasteiger partial charge in [0, 0.05) is 0 Å². The summed E-state index contributed by atoms with van der Waals surface area (Å²) in [5.41, 5.74) is 0.451. The minimum absolute atomic E-state index is 0.259. The van der Waals surface area contributed by atoms with Gasteiger partial charge in [0.25, 0.3) is 0 Å². The van der Waals surface area contributed by atoms with Crippen LogP contribution in [0.15, 0.2) is 59.5 Å². The molecule has 4 nitrogen and oxygen atoms in total. The van der Waals surface area contributed by atoms with Crippen LogP contribution in [0.25, 0.3) is 0 Å². The summed E-state index contributed by atoms with van der Waals surface area (Å²) >= 11 is -2.03. The third-order valence-electron chi connectivity index (χ3n) is 2.25. The van der Waals surface area contributed by atoms with Gasteiger partial charge >= 0.3 is 5.97 Å². The summed E-state index contributed by atoms with van der Waals surface area (Å²) in [6.07, 6.45) is 0. The van der Waals surface area contributed by atoms with Crippen molar-refractivity contribution in [2.75, 3.05) is 0 Å². The standard InChI is InChI=1S/C13H10O4S/c14-13(10-4-2-1-3-5-10)17-11-6-8-12(9-7-11)18(15)16/h1-9H,(H,15,16). The molecule has 0 aliphatic heterocycles. The molecule has 0 fully saturated rings. The van der Waals surface area contributed by atoms with E-state index >= 15 is 0 Å². The molecule has 92 valence electrons. The van der Waals surface area contributed by atoms with E-state index in [2.05, 4.69) is 0 Å². The molecule has 18 heavy (non-hydrogen) atoms. The molecule has 1 N–H and O–H groups in total. The zero-order valence-electron chi connectivity index (χ0n) is 9.28. The fourth-order valence-corrected chi connectivity index (χ4v) is 1.73. The molecular weight excluding hydrogens is 252 g/mol. The summed E-state index contributed by atoms with van der Waals surface area (Å²) in [7, 11) is 0. The topological polar surface area (TPSA) is 63.6 Å². The molecule has 5 heteroatoms. The Labute approximate surface area is 107 Å². The van der Waals surface area contributed by atoms with Crippen LogP contribution in [0.1, 0.15) is 10.4 Å². The second-order valence-electron chi connectivity index (χ2n) is 3.48. The molecule has 2 aromatic rings. The molecule has 0 aliphatic carbocycles. The van der Waals surface area contributed by atoms with Crippen molar-refractivity contribution in [3.8, 4) is 5.75 Å². The van der Waals surface area contributed by atoms with E-state index in [0.717, 1.165) is 0 Å². The minimum atomic E-state index is -2.03. The summed E-state index contributed by atoms with van der Waals surface area (Å²) in [5, 5.41) is 0. The van der Waals surface area contributed by atoms with Crippen LogP contribution in [0.5, 0.6) is 5.75 Å². The first-order valence-electron chi connectivity index (χ1n) is 5.15. The van der Waals surface area contributed by atoms with Gasteiger partial charge in [-0.1, -0.05) is 18.2 Å². The minimum Gasteiger partial charge on any atom is -0.423 e. The zero-order chi connectivity index (χ0) is 13.0. The first-order chi connectivity index (χ1) is 8.66. The van der Waals surface area contributed by atoms with Gasteiger partial charge < -0.3 is 9.29 Å². The van der Waals surface area contributed by atoms with Gasteiger partial charge in [-0.15, -0.1) is 0 Å². The van der Waals surface area contributed by atoms with Crippen LogP contribution >= 0.6 is 0 Å². The maximum atomic E-state index is 11.7. The largest absolute Gasteiger partial charge is 0.423 e. The molecule has 0 saturated carbocycles. The Morgan fingerprint density at radius 1 is 1.00 bits per heavy atom. The second kappa shape index (κ2) is 5.57. The average Bonchev–Trinajstić information content (AvgIpc) is 2.40. The number of rotatable bonds is 3. The van der Waals surface area contributed by atoms with E-state index in [0.29, 0.717) is 11.3 Å². The van der Waals surface area contributed by atoms with Crippen molar-refractivity contribution in [2.24, 2.45) is 0 Å². The summed E-state index contributed by atoms with van der Waals surface area (Å²) in [4.78, 5) is 12.0. The Bertz CT molecular complexity index is 563. The van der Waals surface area contributed by atoms with Gasteiger partial charge in [-0.3, -0.25) is 0 Å². The molecule has 0 bridgehead atoms. The van der Waals surface area contributed by atoms with E-state index in [1.807, 2.05) is 6.07 Å². The van der Waals surface area contributed by atoms with Crippen molar-refractivity contribution >= 4 is 17.0 Å². The van der Waals surface area contributed by atoms with Gasteiger partial charge in [-0.05, 0) is 36.4 Å². The highest BCUT2D eigenvalue weighted by Gasteiger charge is 2.08. The van der Waals surface area contributed by atoms with E-state index in [4.69, 9.17) is 9.29 Å². The van der Waals surface area contributed by atoms with Crippen molar-refractivity contribution in [3.63, 3.8) is 0 Å². The van der Waals surface area contributed by atoms with E-state index in [9.17, 15) is 9.00 Å². The van der Waals surface area contributed by atoms with Gasteiger partial charge in [0.05, 0.1) is 10.5 Å². The van der Waals surface area contributed by atoms with E-state index in [1.165, 1.54) is 24.3 Å². The SMILES string of the molecule is O=C(Oc1ccc(S(=O)O)cc1)c1ccccc1. The quantitative estimate of drug-likeness (QED) is 0.524. The fraction of sp³-hybridized carbons (Fsp3) is 0. The molecule has 2 aromatic carbocycles. The van der Waals surface area contributed by atoms with Crippen molar-refractivity contribution in [2.45, 2.75) is 4.90 Å². The smallest absolute Gasteiger partial charge is 0.343 e. The summed E-state index contributed by atoms with van der Waals surface area (Å²) in [6.45, 7) is 0. The number of carbonyl (C=O) groups is 1. The molecule has 0 aliphatic rings. The molecular formula is C13H10O4S. The van der Waals surface area contributed by atoms with Crippen LogP contribution in [0.4, 0.5) is 0 Å². The van der Waals surface area contributed by atoms with Crippen molar-refractivity contribution in [3.05, 3.63) is 60.2 Å². The molecule has 0 spiro atoms. The summed E-state index contributed by atoms with van der Waals surface area (Å²) in [6, 6.07) is 14.4. The lowest BCUT2D eigenvalue weighted by atomic mass is 10.2. The second-order valence-corrected chi connectivity index (χ2v) is 4.45. The molecule has 0 aromatic heterocycles. The molecule has 1 atom stereocenters. The third-order valence-corrected chi connectivity index (χ3v) is 2.92. The molecule has 1 unspecified atom stereocenters. The predicted octanol–water partition coefficient (Wildman–Crippen LogP) is 2.49. The van der Waals surface area contributed by atoms with Crippen molar-refractivity contribution in [1.29, 1.82) is 0 Å². The molecule has 0 amide bonds. The lowest BCUT2D eigenvalue weighted by Gasteiger charge is -2.04. The lowest BCUT2D eigenvalue weighted by molar-refractivity contribution is 0.0734. The van der Waals surface area contributed by atoms with Crippen LogP contribution in [0.3, 0.4) is 0 Å². The third kappa shape index (κ3) is 3.03. The van der Waals surface area contributed by atoms with Crippen LogP contribution in [-0.4, -0.2) is 14.7 Å². The molecule has 2 rings (SSSR count). The lowest BCUT2D eigenvalue weighted by Crippen LogP contribution is -2.08. The first-order valence-corrected chi connectivity index (χ1v) is 6.25. The molecule has 0 heterocycles. The van der Waals surface area contributed by atoms with Gasteiger partial charge in [-0.2, -0.15) is 0 Å². The Hall–Kier alpha value is -1.98. The maximum absolute atomic E-state index is 11.7. The van der Waals surface area contributed by atoms with Crippen molar-refractivity contribution < 1.29 is 18.3 Å². The van der Waals surface area contributed by atoms with Gasteiger partial charge in [0.15, 0.2) is 11.1 Å². The first kappa shape index (κ1) is 12.5. The Kier molecular flexibility index (Phi) is 3.86. The van der Waals surface area contributed by atoms with Crippen LogP contribution in [-0.2, 0) is 11.1 Å². The van der Waals surface area contributed by atoms with Crippen LogP contribution in [0, 0.1) is 0 Å². The van der Waals surface area contributed by atoms with E-state index < -0.39 is 17.0 Å². The summed E-state index contributed by atoms with van der Waals surface area (Å²) in [5.74, 6) is -0.133. The summed E-state index contributed by atoms with van der Waals surface area (Å²) < 4.78 is 24.7. The Morgan fingerprint density at radius 3 is 2.17 bits per heavy atom. The molecule has 0 saturated heterocycles. The maximum Gasteiger partial charge on any atom is 0.343 e. The number of hydrogen-bond acceptors (Lipinski definition) is 3. The predicted molar refractivity (Wildman–Crippen MR) is 66.9 cm³/mol.